The van der Waals surface area contributed by atoms with Gasteiger partial charge >= 0.3 is 0 Å². The molecular weight excluding hydrogens is 651 g/mol. The number of aliphatic hydroxyl groups excluding tert-OH is 2. The van der Waals surface area contributed by atoms with E-state index in [-0.39, 0.29) is 6.10 Å². The van der Waals surface area contributed by atoms with Crippen LogP contribution >= 0.6 is 0 Å². The number of nitrogens with two attached hydrogens (primary N) is 1. The molecule has 0 aromatic rings. The summed E-state index contributed by atoms with van der Waals surface area (Å²) in [6, 6.07) is 0.388. The Labute approximate surface area is 332 Å². The van der Waals surface area contributed by atoms with Gasteiger partial charge in [0.2, 0.25) is 0 Å². The zero-order valence-electron chi connectivity index (χ0n) is 36.2. The van der Waals surface area contributed by atoms with Crippen molar-refractivity contribution in [2.24, 2.45) is 11.7 Å². The van der Waals surface area contributed by atoms with Gasteiger partial charge in [-0.2, -0.15) is 0 Å². The first-order valence-electron chi connectivity index (χ1n) is 23.1. The van der Waals surface area contributed by atoms with Gasteiger partial charge in [-0.05, 0) is 103 Å². The van der Waals surface area contributed by atoms with Gasteiger partial charge in [0, 0.05) is 25.7 Å². The van der Waals surface area contributed by atoms with Crippen molar-refractivity contribution in [3.05, 3.63) is 48.6 Å². The molecule has 0 aliphatic heterocycles. The van der Waals surface area contributed by atoms with E-state index in [1.165, 1.54) is 128 Å². The highest BCUT2D eigenvalue weighted by Gasteiger charge is 2.18. The molecule has 4 atom stereocenters. The van der Waals surface area contributed by atoms with Crippen molar-refractivity contribution >= 4 is 0 Å². The van der Waals surface area contributed by atoms with Gasteiger partial charge in [-0.1, -0.05) is 167 Å². The van der Waals surface area contributed by atoms with E-state index in [2.05, 4.69) is 93.0 Å². The summed E-state index contributed by atoms with van der Waals surface area (Å²) in [5.74, 6) is 0.652. The Bertz CT molecular complexity index is 856. The fraction of sp³-hybridized carbons (Fsp3) is 0.833. The maximum Gasteiger partial charge on any atom is 0.0789 e. The van der Waals surface area contributed by atoms with Crippen molar-refractivity contribution in [3.63, 3.8) is 0 Å². The number of allylic oxidation sites excluding steroid dienone is 7. The van der Waals surface area contributed by atoms with Crippen LogP contribution in [0.15, 0.2) is 48.6 Å². The highest BCUT2D eigenvalue weighted by Crippen LogP contribution is 2.17. The minimum absolute atomic E-state index is 0.275. The Kier molecular flexibility index (Phi) is 39.5. The SMILES string of the molecule is CCCCC/C=C\C/C=C/CCCCCCCCN(CCCCCN(CC(O)CC)C(/C=C\C/C=C\C(C)CCC)CCCCCCC)CC(O)CN. The summed E-state index contributed by atoms with van der Waals surface area (Å²) < 4.78 is 0. The van der Waals surface area contributed by atoms with Gasteiger partial charge in [0.15, 0.2) is 0 Å². The van der Waals surface area contributed by atoms with Gasteiger partial charge in [-0.25, -0.2) is 0 Å². The molecule has 0 amide bonds. The van der Waals surface area contributed by atoms with Gasteiger partial charge in [0.25, 0.3) is 0 Å². The standard InChI is InChI=1S/C48H93N3O2/c1-6-10-12-14-15-16-17-18-19-20-21-22-23-24-26-32-39-50(43-48(53)42-49)40-33-28-34-41-51(44-47(52)9-4)46(37-30-25-13-11-7-2)38-31-27-29-36-45(5)35-8-3/h15-16,18-19,29,31,36,38,45-48,52-53H,6-14,17,20-28,30,32-35,37,39-44,49H2,1-5H3/b16-15-,19-18+,36-29-,38-31-. The third-order valence-corrected chi connectivity index (χ3v) is 10.7. The molecule has 0 fully saturated rings. The first-order chi connectivity index (χ1) is 25.9. The molecule has 5 heteroatoms. The molecule has 312 valence electrons. The van der Waals surface area contributed by atoms with E-state index in [0.717, 1.165) is 58.3 Å². The number of unbranched alkanes of at least 4 members (excludes halogenated alkanes) is 15. The van der Waals surface area contributed by atoms with Crippen molar-refractivity contribution in [1.82, 2.24) is 9.80 Å². The molecule has 0 saturated heterocycles. The zero-order valence-corrected chi connectivity index (χ0v) is 36.2. The number of hydrogen-bond acceptors (Lipinski definition) is 5. The van der Waals surface area contributed by atoms with Crippen molar-refractivity contribution in [2.75, 3.05) is 39.3 Å². The lowest BCUT2D eigenvalue weighted by Crippen LogP contribution is -2.40. The molecule has 0 heterocycles. The molecule has 4 unspecified atom stereocenters. The van der Waals surface area contributed by atoms with E-state index in [1.807, 2.05) is 0 Å². The average Bonchev–Trinajstić information content (AvgIpc) is 3.15. The van der Waals surface area contributed by atoms with E-state index >= 15 is 0 Å². The Hall–Kier alpha value is -1.24. The van der Waals surface area contributed by atoms with Crippen LogP contribution in [0, 0.1) is 5.92 Å². The van der Waals surface area contributed by atoms with Gasteiger partial charge in [0.05, 0.1) is 12.2 Å². The van der Waals surface area contributed by atoms with Crippen LogP contribution in [0.1, 0.15) is 195 Å². The molecule has 0 aliphatic carbocycles. The quantitative estimate of drug-likeness (QED) is 0.0430. The fourth-order valence-electron chi connectivity index (χ4n) is 7.14. The largest absolute Gasteiger partial charge is 0.392 e. The monoisotopic (exact) mass is 744 g/mol. The summed E-state index contributed by atoms with van der Waals surface area (Å²) in [7, 11) is 0. The molecule has 0 radical (unpaired) electrons. The minimum atomic E-state index is -0.444. The lowest BCUT2D eigenvalue weighted by atomic mass is 10.0. The Morgan fingerprint density at radius 3 is 1.68 bits per heavy atom. The number of rotatable bonds is 40. The van der Waals surface area contributed by atoms with E-state index < -0.39 is 6.10 Å². The first-order valence-corrected chi connectivity index (χ1v) is 23.1. The molecule has 4 N–H and O–H groups in total. The second-order valence-corrected chi connectivity index (χ2v) is 16.0. The molecule has 0 saturated carbocycles. The molecule has 0 rings (SSSR count). The summed E-state index contributed by atoms with van der Waals surface area (Å²) in [5.41, 5.74) is 5.82. The molecule has 53 heavy (non-hydrogen) atoms. The third-order valence-electron chi connectivity index (χ3n) is 10.7. The first kappa shape index (κ1) is 51.8. The topological polar surface area (TPSA) is 73.0 Å². The molecule has 0 aromatic heterocycles. The van der Waals surface area contributed by atoms with Crippen molar-refractivity contribution in [2.45, 2.75) is 213 Å². The molecule has 0 aromatic carbocycles. The van der Waals surface area contributed by atoms with Crippen molar-refractivity contribution < 1.29 is 10.2 Å². The highest BCUT2D eigenvalue weighted by molar-refractivity contribution is 5.00. The Morgan fingerprint density at radius 1 is 0.509 bits per heavy atom. The summed E-state index contributed by atoms with van der Waals surface area (Å²) in [4.78, 5) is 5.03. The number of aliphatic hydroxyl groups is 2. The van der Waals surface area contributed by atoms with Crippen LogP contribution in [0.5, 0.6) is 0 Å². The minimum Gasteiger partial charge on any atom is -0.392 e. The van der Waals surface area contributed by atoms with Crippen LogP contribution < -0.4 is 5.73 Å². The summed E-state index contributed by atoms with van der Waals surface area (Å²) in [5, 5.41) is 21.1. The van der Waals surface area contributed by atoms with Crippen LogP contribution in [-0.4, -0.2) is 77.5 Å². The van der Waals surface area contributed by atoms with Crippen molar-refractivity contribution in [1.29, 1.82) is 0 Å². The van der Waals surface area contributed by atoms with E-state index in [0.29, 0.717) is 25.0 Å². The predicted octanol–water partition coefficient (Wildman–Crippen LogP) is 12.3. The second-order valence-electron chi connectivity index (χ2n) is 16.0. The number of nitrogens with zero attached hydrogens (tertiary/aromatic N) is 2. The fourth-order valence-corrected chi connectivity index (χ4v) is 7.14. The van der Waals surface area contributed by atoms with Crippen LogP contribution in [0.2, 0.25) is 0 Å². The second kappa shape index (κ2) is 40.4. The molecule has 0 aliphatic rings. The molecular formula is C48H93N3O2. The summed E-state index contributed by atoms with van der Waals surface area (Å²) in [6.45, 7) is 16.1. The number of hydrogen-bond donors (Lipinski definition) is 3. The van der Waals surface area contributed by atoms with E-state index in [9.17, 15) is 10.2 Å². The molecule has 0 bridgehead atoms. The summed E-state index contributed by atoms with van der Waals surface area (Å²) >= 11 is 0. The van der Waals surface area contributed by atoms with E-state index in [1.54, 1.807) is 0 Å². The Balaban J connectivity index is 4.77. The van der Waals surface area contributed by atoms with Crippen molar-refractivity contribution in [3.8, 4) is 0 Å². The Morgan fingerprint density at radius 2 is 1.04 bits per heavy atom. The zero-order chi connectivity index (χ0) is 39.0. The van der Waals surface area contributed by atoms with Crippen LogP contribution in [-0.2, 0) is 0 Å². The van der Waals surface area contributed by atoms with Crippen LogP contribution in [0.4, 0.5) is 0 Å². The highest BCUT2D eigenvalue weighted by atomic mass is 16.3. The third kappa shape index (κ3) is 35.0. The molecule has 0 spiro atoms. The van der Waals surface area contributed by atoms with Gasteiger partial charge < -0.3 is 20.8 Å². The average molecular weight is 744 g/mol. The smallest absolute Gasteiger partial charge is 0.0789 e. The lowest BCUT2D eigenvalue weighted by Gasteiger charge is -2.32. The van der Waals surface area contributed by atoms with Gasteiger partial charge in [-0.15, -0.1) is 0 Å². The molecule has 5 nitrogen and oxygen atoms in total. The predicted molar refractivity (Wildman–Crippen MR) is 237 cm³/mol. The van der Waals surface area contributed by atoms with Gasteiger partial charge in [-0.3, -0.25) is 4.90 Å². The normalized spacial score (nSPS) is 15.0. The lowest BCUT2D eigenvalue weighted by molar-refractivity contribution is 0.0901. The van der Waals surface area contributed by atoms with Crippen LogP contribution in [0.3, 0.4) is 0 Å². The maximum atomic E-state index is 10.7. The maximum absolute atomic E-state index is 10.7. The van der Waals surface area contributed by atoms with Gasteiger partial charge in [0.1, 0.15) is 0 Å². The summed E-state index contributed by atoms with van der Waals surface area (Å²) in [6.07, 6.45) is 48.8. The van der Waals surface area contributed by atoms with E-state index in [4.69, 9.17) is 5.73 Å². The van der Waals surface area contributed by atoms with Crippen LogP contribution in [0.25, 0.3) is 0 Å².